The van der Waals surface area contributed by atoms with Gasteiger partial charge in [0.1, 0.15) is 0 Å². The van der Waals surface area contributed by atoms with Crippen LogP contribution in [0.3, 0.4) is 0 Å². The van der Waals surface area contributed by atoms with Crippen molar-refractivity contribution >= 4 is 28.3 Å². The third-order valence-electron chi connectivity index (χ3n) is 5.02. The molecule has 3 aromatic carbocycles. The summed E-state index contributed by atoms with van der Waals surface area (Å²) in [5.41, 5.74) is 2.67. The van der Waals surface area contributed by atoms with Gasteiger partial charge in [0.2, 0.25) is 0 Å². The van der Waals surface area contributed by atoms with Gasteiger partial charge >= 0.3 is 5.97 Å². The van der Waals surface area contributed by atoms with E-state index in [1.54, 1.807) is 48.5 Å². The van der Waals surface area contributed by atoms with Crippen molar-refractivity contribution in [1.82, 2.24) is 4.98 Å². The van der Waals surface area contributed by atoms with E-state index in [2.05, 4.69) is 4.98 Å². The average Bonchev–Trinajstić information content (AvgIpc) is 2.83. The van der Waals surface area contributed by atoms with Gasteiger partial charge in [-0.15, -0.1) is 0 Å². The molecule has 0 fully saturated rings. The molecule has 0 spiro atoms. The number of anilines is 1. The van der Waals surface area contributed by atoms with Crippen LogP contribution in [-0.2, 0) is 11.3 Å². The number of carbonyl (C=O) groups is 2. The first-order chi connectivity index (χ1) is 15.2. The molecular weight excluding hydrogens is 388 g/mol. The number of hydrogen-bond donors (Lipinski definition) is 0. The number of pyridine rings is 1. The summed E-state index contributed by atoms with van der Waals surface area (Å²) in [7, 11) is 0. The first-order valence-electron chi connectivity index (χ1n) is 10.1. The van der Waals surface area contributed by atoms with Crippen LogP contribution in [0.4, 0.5) is 5.69 Å². The molecule has 0 aliphatic rings. The third-order valence-corrected chi connectivity index (χ3v) is 5.02. The molecule has 5 nitrogen and oxygen atoms in total. The molecule has 0 N–H and O–H groups in total. The van der Waals surface area contributed by atoms with Gasteiger partial charge in [0.05, 0.1) is 18.7 Å². The predicted molar refractivity (Wildman–Crippen MR) is 121 cm³/mol. The zero-order valence-electron chi connectivity index (χ0n) is 17.2. The van der Waals surface area contributed by atoms with E-state index in [-0.39, 0.29) is 11.9 Å². The highest BCUT2D eigenvalue weighted by atomic mass is 16.5. The molecule has 0 radical (unpaired) electrons. The van der Waals surface area contributed by atoms with Gasteiger partial charge in [-0.25, -0.2) is 4.79 Å². The number of esters is 1. The van der Waals surface area contributed by atoms with E-state index in [1.807, 2.05) is 54.6 Å². The minimum Gasteiger partial charge on any atom is -0.462 e. The second kappa shape index (κ2) is 9.22. The van der Waals surface area contributed by atoms with Crippen molar-refractivity contribution in [2.45, 2.75) is 13.5 Å². The normalized spacial score (nSPS) is 10.6. The number of rotatable bonds is 6. The fraction of sp³-hybridized carbons (Fsp3) is 0.115. The van der Waals surface area contributed by atoms with Crippen molar-refractivity contribution < 1.29 is 14.3 Å². The Morgan fingerprint density at radius 1 is 0.903 bits per heavy atom. The molecule has 4 rings (SSSR count). The molecule has 31 heavy (non-hydrogen) atoms. The third kappa shape index (κ3) is 4.46. The number of benzene rings is 3. The van der Waals surface area contributed by atoms with E-state index in [1.165, 1.54) is 0 Å². The fourth-order valence-electron chi connectivity index (χ4n) is 3.50. The summed E-state index contributed by atoms with van der Waals surface area (Å²) in [5.74, 6) is -0.502. The van der Waals surface area contributed by atoms with Crippen molar-refractivity contribution in [3.05, 3.63) is 108 Å². The predicted octanol–water partition coefficient (Wildman–Crippen LogP) is 5.26. The van der Waals surface area contributed by atoms with Gasteiger partial charge in [-0.05, 0) is 59.7 Å². The highest BCUT2D eigenvalue weighted by Crippen LogP contribution is 2.25. The minimum absolute atomic E-state index is 0.121. The highest BCUT2D eigenvalue weighted by Gasteiger charge is 2.21. The Morgan fingerprint density at radius 3 is 2.42 bits per heavy atom. The summed E-state index contributed by atoms with van der Waals surface area (Å²) in [5, 5.41) is 1.90. The Morgan fingerprint density at radius 2 is 1.68 bits per heavy atom. The molecular formula is C26H22N2O3. The standard InChI is InChI=1S/C26H22N2O3/c1-2-31-26(30)21-12-14-22(15-13-21)28(18-19-7-6-16-27-17-19)25(29)24-11-5-9-20-8-3-4-10-23(20)24/h3-17H,2,18H2,1H3. The Bertz CT molecular complexity index is 1200. The maximum Gasteiger partial charge on any atom is 0.338 e. The summed E-state index contributed by atoms with van der Waals surface area (Å²) >= 11 is 0. The van der Waals surface area contributed by atoms with Gasteiger partial charge in [0, 0.05) is 23.6 Å². The van der Waals surface area contributed by atoms with E-state index in [9.17, 15) is 9.59 Å². The topological polar surface area (TPSA) is 59.5 Å². The summed E-state index contributed by atoms with van der Waals surface area (Å²) in [4.78, 5) is 31.6. The lowest BCUT2D eigenvalue weighted by molar-refractivity contribution is 0.0526. The van der Waals surface area contributed by atoms with E-state index in [0.29, 0.717) is 30.0 Å². The minimum atomic E-state index is -0.381. The van der Waals surface area contributed by atoms with Crippen LogP contribution in [-0.4, -0.2) is 23.5 Å². The zero-order chi connectivity index (χ0) is 21.6. The molecule has 5 heteroatoms. The molecule has 0 saturated carbocycles. The smallest absolute Gasteiger partial charge is 0.338 e. The number of ether oxygens (including phenoxy) is 1. The second-order valence-corrected chi connectivity index (χ2v) is 7.05. The molecule has 0 atom stereocenters. The van der Waals surface area contributed by atoms with Gasteiger partial charge in [0.15, 0.2) is 0 Å². The van der Waals surface area contributed by atoms with E-state index >= 15 is 0 Å². The number of amides is 1. The molecule has 0 aliphatic heterocycles. The van der Waals surface area contributed by atoms with Gasteiger partial charge < -0.3 is 9.64 Å². The maximum atomic E-state index is 13.7. The molecule has 0 saturated heterocycles. The van der Waals surface area contributed by atoms with Crippen LogP contribution in [0.25, 0.3) is 10.8 Å². The maximum absolute atomic E-state index is 13.7. The summed E-state index contributed by atoms with van der Waals surface area (Å²) in [6.07, 6.45) is 3.45. The van der Waals surface area contributed by atoms with E-state index in [0.717, 1.165) is 16.3 Å². The van der Waals surface area contributed by atoms with Crippen LogP contribution < -0.4 is 4.90 Å². The van der Waals surface area contributed by atoms with Crippen LogP contribution in [0.15, 0.2) is 91.3 Å². The first kappa shape index (κ1) is 20.3. The quantitative estimate of drug-likeness (QED) is 0.407. The summed E-state index contributed by atoms with van der Waals surface area (Å²) in [6.45, 7) is 2.44. The number of hydrogen-bond acceptors (Lipinski definition) is 4. The zero-order valence-corrected chi connectivity index (χ0v) is 17.2. The monoisotopic (exact) mass is 410 g/mol. The van der Waals surface area contributed by atoms with Crippen molar-refractivity contribution in [2.75, 3.05) is 11.5 Å². The Balaban J connectivity index is 1.74. The lowest BCUT2D eigenvalue weighted by atomic mass is 10.0. The van der Waals surface area contributed by atoms with Gasteiger partial charge in [-0.1, -0.05) is 42.5 Å². The van der Waals surface area contributed by atoms with Crippen molar-refractivity contribution in [2.24, 2.45) is 0 Å². The number of fused-ring (bicyclic) bond motifs is 1. The van der Waals surface area contributed by atoms with Crippen LogP contribution in [0.1, 0.15) is 33.2 Å². The Hall–Kier alpha value is -3.99. The molecule has 0 aliphatic carbocycles. The van der Waals surface area contributed by atoms with E-state index in [4.69, 9.17) is 4.74 Å². The van der Waals surface area contributed by atoms with Crippen molar-refractivity contribution in [3.8, 4) is 0 Å². The van der Waals surface area contributed by atoms with Crippen LogP contribution in [0, 0.1) is 0 Å². The van der Waals surface area contributed by atoms with Gasteiger partial charge in [-0.2, -0.15) is 0 Å². The van der Waals surface area contributed by atoms with Crippen molar-refractivity contribution in [1.29, 1.82) is 0 Å². The Labute approximate surface area is 180 Å². The number of carbonyl (C=O) groups excluding carboxylic acids is 2. The number of nitrogens with zero attached hydrogens (tertiary/aromatic N) is 2. The molecule has 4 aromatic rings. The van der Waals surface area contributed by atoms with Crippen LogP contribution in [0.2, 0.25) is 0 Å². The summed E-state index contributed by atoms with van der Waals surface area (Å²) < 4.78 is 5.06. The molecule has 0 bridgehead atoms. The number of aromatic nitrogens is 1. The van der Waals surface area contributed by atoms with Crippen molar-refractivity contribution in [3.63, 3.8) is 0 Å². The molecule has 1 heterocycles. The largest absolute Gasteiger partial charge is 0.462 e. The van der Waals surface area contributed by atoms with Gasteiger partial charge in [-0.3, -0.25) is 9.78 Å². The van der Waals surface area contributed by atoms with Crippen LogP contribution >= 0.6 is 0 Å². The fourth-order valence-corrected chi connectivity index (χ4v) is 3.50. The molecule has 1 amide bonds. The van der Waals surface area contributed by atoms with Crippen LogP contribution in [0.5, 0.6) is 0 Å². The lowest BCUT2D eigenvalue weighted by Gasteiger charge is -2.24. The van der Waals surface area contributed by atoms with E-state index < -0.39 is 0 Å². The SMILES string of the molecule is CCOC(=O)c1ccc(N(Cc2cccnc2)C(=O)c2cccc3ccccc23)cc1. The molecule has 154 valence electrons. The van der Waals surface area contributed by atoms with Gasteiger partial charge in [0.25, 0.3) is 5.91 Å². The average molecular weight is 410 g/mol. The molecule has 1 aromatic heterocycles. The Kier molecular flexibility index (Phi) is 6.03. The second-order valence-electron chi connectivity index (χ2n) is 7.05. The first-order valence-corrected chi connectivity index (χ1v) is 10.1. The molecule has 0 unspecified atom stereocenters. The summed E-state index contributed by atoms with van der Waals surface area (Å²) in [6, 6.07) is 24.2. The highest BCUT2D eigenvalue weighted by molar-refractivity contribution is 6.14. The lowest BCUT2D eigenvalue weighted by Crippen LogP contribution is -2.30.